The number of hydrazone groups is 1. The van der Waals surface area contributed by atoms with Gasteiger partial charge in [0.15, 0.2) is 0 Å². The molecule has 7 heteroatoms. The molecule has 0 aliphatic carbocycles. The average molecular weight is 434 g/mol. The lowest BCUT2D eigenvalue weighted by Crippen LogP contribution is -2.17. The molecule has 1 aromatic heterocycles. The molecule has 26 heavy (non-hydrogen) atoms. The molecule has 2 aromatic carbocycles. The molecule has 5 nitrogen and oxygen atoms in total. The van der Waals surface area contributed by atoms with E-state index < -0.39 is 0 Å². The SMILES string of the molecule is COc1ccc(-c2ccc(/C=N\NC(=O)c3cccc(Br)c3)o2)cc1Cl. The minimum Gasteiger partial charge on any atom is -0.495 e. The molecular weight excluding hydrogens is 420 g/mol. The Balaban J connectivity index is 1.67. The topological polar surface area (TPSA) is 63.8 Å². The first-order valence-electron chi connectivity index (χ1n) is 7.59. The molecule has 0 aliphatic heterocycles. The smallest absolute Gasteiger partial charge is 0.271 e. The van der Waals surface area contributed by atoms with Gasteiger partial charge in [0, 0.05) is 15.6 Å². The predicted octanol–water partition coefficient (Wildman–Crippen LogP) is 5.14. The maximum Gasteiger partial charge on any atom is 0.271 e. The maximum atomic E-state index is 12.0. The lowest BCUT2D eigenvalue weighted by Gasteiger charge is -2.04. The molecule has 3 aromatic rings. The van der Waals surface area contributed by atoms with Crippen molar-refractivity contribution in [1.29, 1.82) is 0 Å². The van der Waals surface area contributed by atoms with Gasteiger partial charge in [-0.1, -0.05) is 33.6 Å². The summed E-state index contributed by atoms with van der Waals surface area (Å²) in [5, 5.41) is 4.42. The number of nitrogens with zero attached hydrogens (tertiary/aromatic N) is 1. The molecule has 0 fully saturated rings. The van der Waals surface area contributed by atoms with E-state index in [4.69, 9.17) is 20.8 Å². The van der Waals surface area contributed by atoms with Crippen LogP contribution < -0.4 is 10.2 Å². The fourth-order valence-corrected chi connectivity index (χ4v) is 2.90. The van der Waals surface area contributed by atoms with Crippen molar-refractivity contribution in [3.63, 3.8) is 0 Å². The highest BCUT2D eigenvalue weighted by atomic mass is 79.9. The lowest BCUT2D eigenvalue weighted by molar-refractivity contribution is 0.0955. The maximum absolute atomic E-state index is 12.0. The Bertz CT molecular complexity index is 969. The fourth-order valence-electron chi connectivity index (χ4n) is 2.25. The van der Waals surface area contributed by atoms with Crippen LogP contribution in [0.2, 0.25) is 5.02 Å². The van der Waals surface area contributed by atoms with Gasteiger partial charge in [-0.05, 0) is 48.5 Å². The predicted molar refractivity (Wildman–Crippen MR) is 105 cm³/mol. The van der Waals surface area contributed by atoms with Crippen LogP contribution >= 0.6 is 27.5 Å². The third kappa shape index (κ3) is 4.33. The second-order valence-corrected chi connectivity index (χ2v) is 6.58. The summed E-state index contributed by atoms with van der Waals surface area (Å²) in [5.41, 5.74) is 3.78. The Morgan fingerprint density at radius 1 is 1.23 bits per heavy atom. The fraction of sp³-hybridized carbons (Fsp3) is 0.0526. The second-order valence-electron chi connectivity index (χ2n) is 5.26. The zero-order valence-corrected chi connectivity index (χ0v) is 16.0. The van der Waals surface area contributed by atoms with Gasteiger partial charge in [0.05, 0.1) is 18.3 Å². The minimum atomic E-state index is -0.309. The van der Waals surface area contributed by atoms with E-state index in [1.807, 2.05) is 12.1 Å². The quantitative estimate of drug-likeness (QED) is 0.448. The van der Waals surface area contributed by atoms with Crippen LogP contribution in [-0.2, 0) is 0 Å². The number of carbonyl (C=O) groups excluding carboxylic acids is 1. The Hall–Kier alpha value is -2.57. The van der Waals surface area contributed by atoms with Crippen molar-refractivity contribution in [3.8, 4) is 17.1 Å². The molecule has 0 radical (unpaired) electrons. The van der Waals surface area contributed by atoms with Crippen LogP contribution in [0.3, 0.4) is 0 Å². The monoisotopic (exact) mass is 432 g/mol. The normalized spacial score (nSPS) is 10.9. The van der Waals surface area contributed by atoms with Crippen molar-refractivity contribution < 1.29 is 13.9 Å². The molecule has 0 saturated heterocycles. The van der Waals surface area contributed by atoms with Crippen molar-refractivity contribution in [1.82, 2.24) is 5.43 Å². The van der Waals surface area contributed by atoms with E-state index in [9.17, 15) is 4.79 Å². The Morgan fingerprint density at radius 3 is 2.81 bits per heavy atom. The van der Waals surface area contributed by atoms with Crippen molar-refractivity contribution in [2.24, 2.45) is 5.10 Å². The number of nitrogens with one attached hydrogen (secondary N) is 1. The number of halogens is 2. The summed E-state index contributed by atoms with van der Waals surface area (Å²) >= 11 is 9.45. The summed E-state index contributed by atoms with van der Waals surface area (Å²) in [5.74, 6) is 1.42. The molecule has 3 rings (SSSR count). The van der Waals surface area contributed by atoms with Crippen LogP contribution in [0.1, 0.15) is 16.1 Å². The van der Waals surface area contributed by atoms with E-state index in [0.29, 0.717) is 27.9 Å². The molecule has 1 N–H and O–H groups in total. The number of methoxy groups -OCH3 is 1. The highest BCUT2D eigenvalue weighted by Crippen LogP contribution is 2.30. The molecular formula is C19H14BrClN2O3. The summed E-state index contributed by atoms with van der Waals surface area (Å²) in [6.07, 6.45) is 1.44. The van der Waals surface area contributed by atoms with Gasteiger partial charge in [-0.15, -0.1) is 0 Å². The van der Waals surface area contributed by atoms with Crippen molar-refractivity contribution >= 4 is 39.7 Å². The third-order valence-corrected chi connectivity index (χ3v) is 4.30. The van der Waals surface area contributed by atoms with E-state index in [1.165, 1.54) is 6.21 Å². The molecule has 0 saturated carbocycles. The first-order valence-corrected chi connectivity index (χ1v) is 8.76. The van der Waals surface area contributed by atoms with Crippen LogP contribution in [0.5, 0.6) is 5.75 Å². The molecule has 0 bridgehead atoms. The Labute approximate surface area is 163 Å². The van der Waals surface area contributed by atoms with E-state index in [1.54, 1.807) is 49.6 Å². The Kier molecular flexibility index (Phi) is 5.75. The van der Waals surface area contributed by atoms with Gasteiger partial charge in [-0.3, -0.25) is 4.79 Å². The molecule has 1 amide bonds. The van der Waals surface area contributed by atoms with Gasteiger partial charge in [0.25, 0.3) is 5.91 Å². The number of hydrogen-bond acceptors (Lipinski definition) is 4. The summed E-state index contributed by atoms with van der Waals surface area (Å²) in [4.78, 5) is 12.0. The van der Waals surface area contributed by atoms with Gasteiger partial charge in [0.1, 0.15) is 17.3 Å². The molecule has 132 valence electrons. The number of ether oxygens (including phenoxy) is 1. The number of benzene rings is 2. The van der Waals surface area contributed by atoms with E-state index >= 15 is 0 Å². The molecule has 0 atom stereocenters. The molecule has 0 unspecified atom stereocenters. The molecule has 0 aliphatic rings. The standard InChI is InChI=1S/C19H14BrClN2O3/c1-25-18-7-5-12(10-16(18)21)17-8-6-15(26-17)11-22-23-19(24)13-3-2-4-14(20)9-13/h2-11H,1H3,(H,23,24)/b22-11-. The highest BCUT2D eigenvalue weighted by molar-refractivity contribution is 9.10. The number of hydrogen-bond donors (Lipinski definition) is 1. The lowest BCUT2D eigenvalue weighted by atomic mass is 10.2. The van der Waals surface area contributed by atoms with E-state index in [-0.39, 0.29) is 5.91 Å². The third-order valence-electron chi connectivity index (χ3n) is 3.51. The zero-order chi connectivity index (χ0) is 18.5. The van der Waals surface area contributed by atoms with Crippen molar-refractivity contribution in [2.75, 3.05) is 7.11 Å². The van der Waals surface area contributed by atoms with Crippen molar-refractivity contribution in [2.45, 2.75) is 0 Å². The zero-order valence-electron chi connectivity index (χ0n) is 13.7. The van der Waals surface area contributed by atoms with Crippen LogP contribution in [0.4, 0.5) is 0 Å². The first-order chi connectivity index (χ1) is 12.6. The number of furan rings is 1. The van der Waals surface area contributed by atoms with Crippen LogP contribution in [0, 0.1) is 0 Å². The van der Waals surface area contributed by atoms with Gasteiger partial charge in [-0.2, -0.15) is 5.10 Å². The van der Waals surface area contributed by atoms with Gasteiger partial charge >= 0.3 is 0 Å². The highest BCUT2D eigenvalue weighted by Gasteiger charge is 2.08. The summed E-state index contributed by atoms with van der Waals surface area (Å²) < 4.78 is 11.7. The van der Waals surface area contributed by atoms with Crippen LogP contribution in [0.25, 0.3) is 11.3 Å². The van der Waals surface area contributed by atoms with Crippen LogP contribution in [0.15, 0.2) is 68.6 Å². The number of rotatable bonds is 5. The average Bonchev–Trinajstić information content (AvgIpc) is 3.10. The van der Waals surface area contributed by atoms with E-state index in [2.05, 4.69) is 26.5 Å². The number of carbonyl (C=O) groups is 1. The van der Waals surface area contributed by atoms with E-state index in [0.717, 1.165) is 10.0 Å². The van der Waals surface area contributed by atoms with Gasteiger partial charge in [-0.25, -0.2) is 5.43 Å². The van der Waals surface area contributed by atoms with Gasteiger partial charge < -0.3 is 9.15 Å². The minimum absolute atomic E-state index is 0.309. The second kappa shape index (κ2) is 8.21. The number of amides is 1. The Morgan fingerprint density at radius 2 is 2.08 bits per heavy atom. The van der Waals surface area contributed by atoms with Crippen LogP contribution in [-0.4, -0.2) is 19.2 Å². The van der Waals surface area contributed by atoms with Gasteiger partial charge in [0.2, 0.25) is 0 Å². The first kappa shape index (κ1) is 18.2. The summed E-state index contributed by atoms with van der Waals surface area (Å²) in [6.45, 7) is 0. The summed E-state index contributed by atoms with van der Waals surface area (Å²) in [7, 11) is 1.56. The largest absolute Gasteiger partial charge is 0.495 e. The molecule has 0 spiro atoms. The molecule has 1 heterocycles. The summed E-state index contributed by atoms with van der Waals surface area (Å²) in [6, 6.07) is 16.0. The van der Waals surface area contributed by atoms with Crippen molar-refractivity contribution in [3.05, 3.63) is 75.4 Å².